The number of rotatable bonds is 8. The first-order valence-electron chi connectivity index (χ1n) is 8.41. The van der Waals surface area contributed by atoms with E-state index in [2.05, 4.69) is 10.3 Å². The lowest BCUT2D eigenvalue weighted by molar-refractivity contribution is 0.0942. The molecule has 3 rings (SSSR count). The maximum absolute atomic E-state index is 13.4. The van der Waals surface area contributed by atoms with Gasteiger partial charge >= 0.3 is 0 Å². The van der Waals surface area contributed by atoms with Crippen LogP contribution in [0.25, 0.3) is 0 Å². The van der Waals surface area contributed by atoms with Crippen molar-refractivity contribution < 1.29 is 18.7 Å². The zero-order valence-electron chi connectivity index (χ0n) is 14.8. The Morgan fingerprint density at radius 3 is 2.70 bits per heavy atom. The van der Waals surface area contributed by atoms with Crippen LogP contribution in [0, 0.1) is 12.7 Å². The number of benzene rings is 2. The molecule has 5 nitrogen and oxygen atoms in total. The highest BCUT2D eigenvalue weighted by Gasteiger charge is 2.11. The van der Waals surface area contributed by atoms with E-state index < -0.39 is 5.82 Å². The molecule has 0 bridgehead atoms. The van der Waals surface area contributed by atoms with Crippen LogP contribution < -0.4 is 14.8 Å². The third-order valence-corrected chi connectivity index (χ3v) is 4.47. The zero-order valence-corrected chi connectivity index (χ0v) is 15.6. The van der Waals surface area contributed by atoms with E-state index >= 15 is 0 Å². The monoisotopic (exact) mass is 386 g/mol. The first-order valence-corrected chi connectivity index (χ1v) is 9.29. The SMILES string of the molecule is Cc1ccc(OCc2nc(C(=O)NCCOc3ccccc3F)cs2)cc1. The highest BCUT2D eigenvalue weighted by Crippen LogP contribution is 2.17. The number of nitrogens with one attached hydrogen (secondary N) is 1. The number of ether oxygens (including phenoxy) is 2. The summed E-state index contributed by atoms with van der Waals surface area (Å²) in [4.78, 5) is 16.4. The van der Waals surface area contributed by atoms with Gasteiger partial charge < -0.3 is 14.8 Å². The second-order valence-corrected chi connectivity index (χ2v) is 6.71. The summed E-state index contributed by atoms with van der Waals surface area (Å²) < 4.78 is 24.4. The number of aromatic nitrogens is 1. The highest BCUT2D eigenvalue weighted by molar-refractivity contribution is 7.09. The number of carbonyl (C=O) groups excluding carboxylic acids is 1. The molecule has 1 amide bonds. The Balaban J connectivity index is 1.42. The number of hydrogen-bond acceptors (Lipinski definition) is 5. The van der Waals surface area contributed by atoms with Crippen LogP contribution in [0.1, 0.15) is 21.1 Å². The highest BCUT2D eigenvalue weighted by atomic mass is 32.1. The molecular weight excluding hydrogens is 367 g/mol. The van der Waals surface area contributed by atoms with E-state index in [1.54, 1.807) is 17.5 Å². The molecule has 3 aromatic rings. The van der Waals surface area contributed by atoms with Gasteiger partial charge in [-0.15, -0.1) is 11.3 Å². The Morgan fingerprint density at radius 2 is 1.93 bits per heavy atom. The Bertz CT molecular complexity index is 896. The van der Waals surface area contributed by atoms with Crippen molar-refractivity contribution in [3.8, 4) is 11.5 Å². The number of aryl methyl sites for hydroxylation is 1. The average molecular weight is 386 g/mol. The summed E-state index contributed by atoms with van der Waals surface area (Å²) in [6.45, 7) is 2.73. The summed E-state index contributed by atoms with van der Waals surface area (Å²) in [6.07, 6.45) is 0. The lowest BCUT2D eigenvalue weighted by Gasteiger charge is -2.07. The van der Waals surface area contributed by atoms with Crippen molar-refractivity contribution in [1.82, 2.24) is 10.3 Å². The standard InChI is InChI=1S/C20H19FN2O3S/c1-14-6-8-15(9-7-14)26-12-19-23-17(13-27-19)20(24)22-10-11-25-18-5-3-2-4-16(18)21/h2-9,13H,10-12H2,1H3,(H,22,24). The molecule has 0 saturated heterocycles. The fourth-order valence-electron chi connectivity index (χ4n) is 2.24. The summed E-state index contributed by atoms with van der Waals surface area (Å²) in [5.41, 5.74) is 1.49. The molecule has 1 N–H and O–H groups in total. The predicted octanol–water partition coefficient (Wildman–Crippen LogP) is 3.98. The van der Waals surface area contributed by atoms with E-state index in [9.17, 15) is 9.18 Å². The van der Waals surface area contributed by atoms with Gasteiger partial charge in [-0.2, -0.15) is 0 Å². The van der Waals surface area contributed by atoms with Gasteiger partial charge in [0.15, 0.2) is 11.6 Å². The molecule has 0 unspecified atom stereocenters. The van der Waals surface area contributed by atoms with Gasteiger partial charge in [-0.1, -0.05) is 29.8 Å². The summed E-state index contributed by atoms with van der Waals surface area (Å²) in [7, 11) is 0. The first kappa shape index (κ1) is 18.8. The second kappa shape index (κ2) is 9.14. The molecule has 7 heteroatoms. The normalized spacial score (nSPS) is 10.4. The molecule has 0 fully saturated rings. The molecule has 2 aromatic carbocycles. The Morgan fingerprint density at radius 1 is 1.15 bits per heavy atom. The van der Waals surface area contributed by atoms with Gasteiger partial charge in [0.05, 0.1) is 6.54 Å². The molecule has 0 spiro atoms. The van der Waals surface area contributed by atoms with E-state index in [4.69, 9.17) is 9.47 Å². The maximum atomic E-state index is 13.4. The van der Waals surface area contributed by atoms with Crippen molar-refractivity contribution >= 4 is 17.2 Å². The van der Waals surface area contributed by atoms with Crippen LogP contribution >= 0.6 is 11.3 Å². The van der Waals surface area contributed by atoms with E-state index in [0.29, 0.717) is 17.3 Å². The van der Waals surface area contributed by atoms with Gasteiger partial charge in [0.2, 0.25) is 0 Å². The molecule has 0 saturated carbocycles. The Hall–Kier alpha value is -2.93. The third-order valence-electron chi connectivity index (χ3n) is 3.65. The summed E-state index contributed by atoms with van der Waals surface area (Å²) in [6, 6.07) is 13.9. The molecule has 0 aliphatic carbocycles. The predicted molar refractivity (Wildman–Crippen MR) is 102 cm³/mol. The molecule has 140 valence electrons. The minimum atomic E-state index is -0.429. The largest absolute Gasteiger partial charge is 0.489 e. The summed E-state index contributed by atoms with van der Waals surface area (Å²) in [5.74, 6) is 0.189. The number of amides is 1. The van der Waals surface area contributed by atoms with Gasteiger partial charge in [0, 0.05) is 5.38 Å². The van der Waals surface area contributed by atoms with Crippen LogP contribution in [-0.2, 0) is 6.61 Å². The number of thiazole rings is 1. The molecule has 0 atom stereocenters. The van der Waals surface area contributed by atoms with Gasteiger partial charge in [0.25, 0.3) is 5.91 Å². The average Bonchev–Trinajstić information content (AvgIpc) is 3.15. The van der Waals surface area contributed by atoms with Gasteiger partial charge in [0.1, 0.15) is 29.7 Å². The quantitative estimate of drug-likeness (QED) is 0.595. The number of nitrogens with zero attached hydrogens (tertiary/aromatic N) is 1. The van der Waals surface area contributed by atoms with E-state index in [0.717, 1.165) is 11.3 Å². The Labute approximate surface area is 160 Å². The van der Waals surface area contributed by atoms with Crippen molar-refractivity contribution in [3.63, 3.8) is 0 Å². The molecule has 0 radical (unpaired) electrons. The molecular formula is C20H19FN2O3S. The summed E-state index contributed by atoms with van der Waals surface area (Å²) >= 11 is 1.36. The topological polar surface area (TPSA) is 60.5 Å². The number of carbonyl (C=O) groups is 1. The van der Waals surface area contributed by atoms with Crippen LogP contribution in [0.15, 0.2) is 53.9 Å². The van der Waals surface area contributed by atoms with E-state index in [1.165, 1.54) is 23.5 Å². The van der Waals surface area contributed by atoms with Gasteiger partial charge in [-0.25, -0.2) is 9.37 Å². The minimum Gasteiger partial charge on any atom is -0.489 e. The van der Waals surface area contributed by atoms with Crippen molar-refractivity contribution in [2.75, 3.05) is 13.2 Å². The number of para-hydroxylation sites is 1. The van der Waals surface area contributed by atoms with Crippen LogP contribution in [0.3, 0.4) is 0 Å². The molecule has 27 heavy (non-hydrogen) atoms. The van der Waals surface area contributed by atoms with Crippen molar-refractivity contribution in [1.29, 1.82) is 0 Å². The minimum absolute atomic E-state index is 0.163. The second-order valence-electron chi connectivity index (χ2n) is 5.76. The van der Waals surface area contributed by atoms with E-state index in [1.807, 2.05) is 31.2 Å². The molecule has 0 aliphatic rings. The van der Waals surface area contributed by atoms with Crippen LogP contribution in [0.4, 0.5) is 4.39 Å². The van der Waals surface area contributed by atoms with Crippen LogP contribution in [-0.4, -0.2) is 24.0 Å². The van der Waals surface area contributed by atoms with Crippen molar-refractivity contribution in [2.24, 2.45) is 0 Å². The smallest absolute Gasteiger partial charge is 0.270 e. The fourth-order valence-corrected chi connectivity index (χ4v) is 2.92. The van der Waals surface area contributed by atoms with Crippen LogP contribution in [0.2, 0.25) is 0 Å². The number of hydrogen-bond donors (Lipinski definition) is 1. The van der Waals surface area contributed by atoms with Gasteiger partial charge in [-0.3, -0.25) is 4.79 Å². The van der Waals surface area contributed by atoms with Gasteiger partial charge in [-0.05, 0) is 31.2 Å². The first-order chi connectivity index (χ1) is 13.1. The third kappa shape index (κ3) is 5.52. The van der Waals surface area contributed by atoms with Crippen molar-refractivity contribution in [3.05, 3.63) is 76.0 Å². The lowest BCUT2D eigenvalue weighted by atomic mass is 10.2. The number of halogens is 1. The van der Waals surface area contributed by atoms with Crippen molar-refractivity contribution in [2.45, 2.75) is 13.5 Å². The lowest BCUT2D eigenvalue weighted by Crippen LogP contribution is -2.28. The molecule has 1 heterocycles. The van der Waals surface area contributed by atoms with E-state index in [-0.39, 0.29) is 24.8 Å². The fraction of sp³-hybridized carbons (Fsp3) is 0.200. The summed E-state index contributed by atoms with van der Waals surface area (Å²) in [5, 5.41) is 5.09. The maximum Gasteiger partial charge on any atom is 0.270 e. The zero-order chi connectivity index (χ0) is 19.1. The molecule has 0 aliphatic heterocycles. The van der Waals surface area contributed by atoms with Crippen LogP contribution in [0.5, 0.6) is 11.5 Å². The molecule has 1 aromatic heterocycles. The Kier molecular flexibility index (Phi) is 6.38.